The van der Waals surface area contributed by atoms with Gasteiger partial charge >= 0.3 is 0 Å². The molecule has 7 N–H and O–H groups in total. The lowest BCUT2D eigenvalue weighted by Gasteiger charge is -2.11. The maximum Gasteiger partial charge on any atom is 0.199 e. The quantitative estimate of drug-likeness (QED) is 0.0620. The van der Waals surface area contributed by atoms with E-state index in [4.69, 9.17) is 11.7 Å². The van der Waals surface area contributed by atoms with E-state index < -0.39 is 34.0 Å². The molecule has 0 radical (unpaired) electrons. The van der Waals surface area contributed by atoms with E-state index in [2.05, 4.69) is 25.2 Å². The van der Waals surface area contributed by atoms with Gasteiger partial charge in [-0.05, 0) is 48.4 Å². The van der Waals surface area contributed by atoms with E-state index in [9.17, 15) is 13.4 Å². The molecular formula is C28H25F2N7O2S. The molecule has 3 aromatic carbocycles. The van der Waals surface area contributed by atoms with Gasteiger partial charge in [0.25, 0.3) is 0 Å². The maximum absolute atomic E-state index is 15.2. The van der Waals surface area contributed by atoms with Crippen LogP contribution >= 0.6 is 0 Å². The van der Waals surface area contributed by atoms with Gasteiger partial charge in [-0.15, -0.1) is 0 Å². The number of H-pyrrole nitrogens is 1. The molecule has 5 rings (SSSR count). The van der Waals surface area contributed by atoms with Crippen LogP contribution in [0.15, 0.2) is 72.0 Å². The van der Waals surface area contributed by atoms with Gasteiger partial charge in [-0.3, -0.25) is 4.79 Å². The fourth-order valence-electron chi connectivity index (χ4n) is 4.43. The average molecular weight is 562 g/mol. The SMILES string of the molecule is CCCS(=O)Nc1ccc(F)c(C(=O)c2ccc3[nH]c4ncc(-c5ccc(/C(=N/N)NN)cc5)cc4c3c2)c1F. The van der Waals surface area contributed by atoms with Crippen LogP contribution in [0, 0.1) is 11.6 Å². The third kappa shape index (κ3) is 5.01. The summed E-state index contributed by atoms with van der Waals surface area (Å²) in [5, 5.41) is 4.99. The van der Waals surface area contributed by atoms with Gasteiger partial charge in [0, 0.05) is 44.9 Å². The number of ketones is 1. The number of hydrogen-bond donors (Lipinski definition) is 5. The molecule has 2 heterocycles. The molecule has 204 valence electrons. The van der Waals surface area contributed by atoms with Crippen molar-refractivity contribution in [2.75, 3.05) is 10.5 Å². The number of carbonyl (C=O) groups excluding carboxylic acids is 1. The lowest BCUT2D eigenvalue weighted by molar-refractivity contribution is 0.103. The van der Waals surface area contributed by atoms with Gasteiger partial charge in [-0.2, -0.15) is 5.10 Å². The van der Waals surface area contributed by atoms with Gasteiger partial charge in [-0.25, -0.2) is 23.8 Å². The fraction of sp³-hybridized carbons (Fsp3) is 0.107. The monoisotopic (exact) mass is 561 g/mol. The van der Waals surface area contributed by atoms with Gasteiger partial charge in [0.05, 0.1) is 11.3 Å². The highest BCUT2D eigenvalue weighted by Gasteiger charge is 2.23. The smallest absolute Gasteiger partial charge is 0.199 e. The van der Waals surface area contributed by atoms with Crippen LogP contribution in [0.4, 0.5) is 14.5 Å². The number of fused-ring (bicyclic) bond motifs is 3. The number of nitrogens with zero attached hydrogens (tertiary/aromatic N) is 2. The highest BCUT2D eigenvalue weighted by atomic mass is 32.2. The standard InChI is InChI=1S/C28H25F2N7O2S/c1-2-11-40(39)37-23-10-8-21(29)24(25(23)30)26(38)17-7-9-22-19(12-17)20-13-18(14-33-28(20)34-22)15-3-5-16(6-4-15)27(35-31)36-32/h3-10,12-14,37H,2,11,31-32H2,1H3,(H,33,34)(H,35,36). The summed E-state index contributed by atoms with van der Waals surface area (Å²) in [5.74, 6) is 8.47. The molecule has 5 aromatic rings. The maximum atomic E-state index is 15.2. The molecule has 0 fully saturated rings. The van der Waals surface area contributed by atoms with E-state index in [1.807, 2.05) is 25.1 Å². The van der Waals surface area contributed by atoms with Crippen molar-refractivity contribution >= 4 is 50.2 Å². The topological polar surface area (TPSA) is 151 Å². The number of rotatable bonds is 8. The number of halogens is 2. The number of aromatic nitrogens is 2. The third-order valence-electron chi connectivity index (χ3n) is 6.40. The van der Waals surface area contributed by atoms with Crippen molar-refractivity contribution in [3.63, 3.8) is 0 Å². The Morgan fingerprint density at radius 2 is 1.77 bits per heavy atom. The van der Waals surface area contributed by atoms with Crippen LogP contribution in [-0.4, -0.2) is 31.5 Å². The zero-order chi connectivity index (χ0) is 28.4. The van der Waals surface area contributed by atoms with Gasteiger partial charge in [0.2, 0.25) is 0 Å². The number of nitrogens with two attached hydrogens (primary N) is 2. The van der Waals surface area contributed by atoms with Crippen LogP contribution in [0.5, 0.6) is 0 Å². The number of hydrazine groups is 1. The Labute approximate surface area is 230 Å². The molecule has 0 saturated carbocycles. The summed E-state index contributed by atoms with van der Waals surface area (Å²) in [5.41, 5.74) is 5.28. The first-order chi connectivity index (χ1) is 19.3. The molecule has 2 aromatic heterocycles. The number of pyridine rings is 1. The van der Waals surface area contributed by atoms with Crippen LogP contribution in [0.1, 0.15) is 34.8 Å². The molecule has 40 heavy (non-hydrogen) atoms. The number of aromatic amines is 1. The van der Waals surface area contributed by atoms with Gasteiger partial charge in [0.15, 0.2) is 17.4 Å². The highest BCUT2D eigenvalue weighted by Crippen LogP contribution is 2.31. The van der Waals surface area contributed by atoms with Crippen LogP contribution in [-0.2, 0) is 11.0 Å². The summed E-state index contributed by atoms with van der Waals surface area (Å²) in [6.45, 7) is 1.83. The second-order valence-corrected chi connectivity index (χ2v) is 10.3. The Balaban J connectivity index is 1.53. The molecular weight excluding hydrogens is 536 g/mol. The zero-order valence-corrected chi connectivity index (χ0v) is 22.1. The lowest BCUT2D eigenvalue weighted by atomic mass is 9.99. The van der Waals surface area contributed by atoms with Crippen molar-refractivity contribution in [2.45, 2.75) is 13.3 Å². The minimum atomic E-state index is -1.56. The van der Waals surface area contributed by atoms with Crippen molar-refractivity contribution in [1.82, 2.24) is 15.4 Å². The van der Waals surface area contributed by atoms with Gasteiger partial charge in [0.1, 0.15) is 22.5 Å². The Hall–Kier alpha value is -4.68. The van der Waals surface area contributed by atoms with E-state index in [0.717, 1.165) is 28.6 Å². The first-order valence-electron chi connectivity index (χ1n) is 12.3. The van der Waals surface area contributed by atoms with E-state index in [-0.39, 0.29) is 17.0 Å². The van der Waals surface area contributed by atoms with E-state index in [0.29, 0.717) is 34.4 Å². The molecule has 0 saturated heterocycles. The van der Waals surface area contributed by atoms with Crippen molar-refractivity contribution in [3.05, 3.63) is 95.2 Å². The predicted molar refractivity (Wildman–Crippen MR) is 154 cm³/mol. The van der Waals surface area contributed by atoms with Gasteiger partial charge < -0.3 is 21.0 Å². The number of carbonyl (C=O) groups is 1. The number of benzene rings is 3. The summed E-state index contributed by atoms with van der Waals surface area (Å²) in [7, 11) is -1.56. The largest absolute Gasteiger partial charge is 0.339 e. The predicted octanol–water partition coefficient (Wildman–Crippen LogP) is 4.46. The average Bonchev–Trinajstić information content (AvgIpc) is 3.33. The minimum Gasteiger partial charge on any atom is -0.339 e. The van der Waals surface area contributed by atoms with E-state index >= 15 is 4.39 Å². The Morgan fingerprint density at radius 1 is 1.02 bits per heavy atom. The molecule has 0 aliphatic carbocycles. The Morgan fingerprint density at radius 3 is 2.48 bits per heavy atom. The number of hydrazone groups is 1. The van der Waals surface area contributed by atoms with E-state index in [1.54, 1.807) is 30.5 Å². The summed E-state index contributed by atoms with van der Waals surface area (Å²) in [6.07, 6.45) is 2.32. The van der Waals surface area contributed by atoms with Crippen LogP contribution < -0.4 is 21.8 Å². The van der Waals surface area contributed by atoms with Crippen molar-refractivity contribution in [1.29, 1.82) is 0 Å². The summed E-state index contributed by atoms with van der Waals surface area (Å²) >= 11 is 0. The number of nitrogens with one attached hydrogen (secondary N) is 3. The molecule has 12 heteroatoms. The highest BCUT2D eigenvalue weighted by molar-refractivity contribution is 7.86. The Bertz CT molecular complexity index is 1800. The minimum absolute atomic E-state index is 0.0932. The summed E-state index contributed by atoms with van der Waals surface area (Å²) in [4.78, 5) is 21.1. The second-order valence-electron chi connectivity index (χ2n) is 8.97. The zero-order valence-electron chi connectivity index (χ0n) is 21.3. The molecule has 1 atom stereocenters. The third-order valence-corrected chi connectivity index (χ3v) is 7.63. The molecule has 0 bridgehead atoms. The first kappa shape index (κ1) is 26.9. The number of hydrogen-bond acceptors (Lipinski definition) is 6. The number of amidine groups is 1. The van der Waals surface area contributed by atoms with Crippen molar-refractivity contribution < 1.29 is 17.8 Å². The lowest BCUT2D eigenvalue weighted by Crippen LogP contribution is -2.31. The van der Waals surface area contributed by atoms with E-state index in [1.165, 1.54) is 6.07 Å². The normalized spacial score (nSPS) is 12.6. The summed E-state index contributed by atoms with van der Waals surface area (Å²) < 4.78 is 44.5. The second kappa shape index (κ2) is 11.2. The molecule has 0 aliphatic heterocycles. The molecule has 1 unspecified atom stereocenters. The molecule has 9 nitrogen and oxygen atoms in total. The van der Waals surface area contributed by atoms with Crippen molar-refractivity contribution in [2.24, 2.45) is 16.8 Å². The molecule has 0 spiro atoms. The van der Waals surface area contributed by atoms with Crippen LogP contribution in [0.25, 0.3) is 33.1 Å². The summed E-state index contributed by atoms with van der Waals surface area (Å²) in [6, 6.07) is 16.1. The fourth-order valence-corrected chi connectivity index (χ4v) is 5.31. The Kier molecular flexibility index (Phi) is 7.54. The number of anilines is 1. The van der Waals surface area contributed by atoms with Gasteiger partial charge in [-0.1, -0.05) is 31.2 Å². The molecule has 0 amide bonds. The van der Waals surface area contributed by atoms with Crippen LogP contribution in [0.2, 0.25) is 0 Å². The molecule has 0 aliphatic rings. The first-order valence-corrected chi connectivity index (χ1v) is 13.6. The van der Waals surface area contributed by atoms with Crippen molar-refractivity contribution in [3.8, 4) is 11.1 Å². The van der Waals surface area contributed by atoms with Crippen LogP contribution in [0.3, 0.4) is 0 Å².